The zero-order valence-corrected chi connectivity index (χ0v) is 9.34. The molecule has 0 bridgehead atoms. The van der Waals surface area contributed by atoms with Crippen LogP contribution in [0.5, 0.6) is 5.75 Å². The molecule has 15 heavy (non-hydrogen) atoms. The average molecular weight is 231 g/mol. The van der Waals surface area contributed by atoms with Crippen LogP contribution in [-0.2, 0) is 4.79 Å². The first-order chi connectivity index (χ1) is 6.70. The lowest BCUT2D eigenvalue weighted by Gasteiger charge is -2.08. The molecule has 1 aromatic carbocycles. The Labute approximate surface area is 95.2 Å². The number of nitrogens with two attached hydrogens (primary N) is 1. The van der Waals surface area contributed by atoms with Gasteiger partial charge in [-0.25, -0.2) is 0 Å². The normalized spacial score (nSPS) is 8.87. The van der Waals surface area contributed by atoms with Crippen LogP contribution in [-0.4, -0.2) is 19.1 Å². The van der Waals surface area contributed by atoms with Gasteiger partial charge in [0.1, 0.15) is 12.4 Å². The summed E-state index contributed by atoms with van der Waals surface area (Å²) in [5, 5.41) is 2.63. The fourth-order valence-electron chi connectivity index (χ4n) is 1.00. The number of amides is 1. The molecule has 1 aromatic rings. The van der Waals surface area contributed by atoms with E-state index in [4.69, 9.17) is 10.5 Å². The maximum atomic E-state index is 10.5. The lowest BCUT2D eigenvalue weighted by molar-refractivity contribution is -0.119. The zero-order valence-electron chi connectivity index (χ0n) is 8.53. The Kier molecular flexibility index (Phi) is 6.29. The molecule has 0 fully saturated rings. The van der Waals surface area contributed by atoms with Crippen LogP contribution in [0.4, 0.5) is 5.69 Å². The third-order valence-corrected chi connectivity index (χ3v) is 1.65. The van der Waals surface area contributed by atoms with Crippen LogP contribution in [0.2, 0.25) is 0 Å². The van der Waals surface area contributed by atoms with Gasteiger partial charge in [0, 0.05) is 6.92 Å². The smallest absolute Gasteiger partial charge is 0.216 e. The number of carbonyl (C=O) groups is 1. The predicted molar refractivity (Wildman–Crippen MR) is 62.3 cm³/mol. The van der Waals surface area contributed by atoms with Crippen molar-refractivity contribution in [1.82, 2.24) is 5.32 Å². The van der Waals surface area contributed by atoms with Crippen LogP contribution >= 0.6 is 12.4 Å². The number of benzene rings is 1. The molecule has 84 valence electrons. The number of ether oxygens (including phenoxy) is 1. The van der Waals surface area contributed by atoms with Gasteiger partial charge in [0.05, 0.1) is 12.2 Å². The number of rotatable bonds is 4. The van der Waals surface area contributed by atoms with Gasteiger partial charge in [-0.05, 0) is 12.1 Å². The highest BCUT2D eigenvalue weighted by Crippen LogP contribution is 2.19. The maximum absolute atomic E-state index is 10.5. The monoisotopic (exact) mass is 230 g/mol. The van der Waals surface area contributed by atoms with Gasteiger partial charge in [0.25, 0.3) is 0 Å². The van der Waals surface area contributed by atoms with Gasteiger partial charge < -0.3 is 15.8 Å². The van der Waals surface area contributed by atoms with E-state index in [9.17, 15) is 4.79 Å². The average Bonchev–Trinajstić information content (AvgIpc) is 2.15. The predicted octanol–water partition coefficient (Wildman–Crippen LogP) is 1.21. The third-order valence-electron chi connectivity index (χ3n) is 1.65. The second-order valence-corrected chi connectivity index (χ2v) is 2.87. The molecular formula is C10H15ClN2O2. The van der Waals surface area contributed by atoms with Crippen molar-refractivity contribution >= 4 is 24.0 Å². The van der Waals surface area contributed by atoms with Crippen molar-refractivity contribution in [2.24, 2.45) is 0 Å². The van der Waals surface area contributed by atoms with Gasteiger partial charge in [-0.2, -0.15) is 0 Å². The van der Waals surface area contributed by atoms with Crippen LogP contribution < -0.4 is 15.8 Å². The zero-order chi connectivity index (χ0) is 10.4. The van der Waals surface area contributed by atoms with E-state index in [0.29, 0.717) is 24.6 Å². The van der Waals surface area contributed by atoms with Crippen LogP contribution in [0.3, 0.4) is 0 Å². The molecular weight excluding hydrogens is 216 g/mol. The van der Waals surface area contributed by atoms with E-state index in [1.54, 1.807) is 12.1 Å². The van der Waals surface area contributed by atoms with E-state index in [-0.39, 0.29) is 18.3 Å². The summed E-state index contributed by atoms with van der Waals surface area (Å²) in [5.74, 6) is 0.590. The number of halogens is 1. The number of anilines is 1. The highest BCUT2D eigenvalue weighted by atomic mass is 35.5. The van der Waals surface area contributed by atoms with Gasteiger partial charge in [0.2, 0.25) is 5.91 Å². The summed E-state index contributed by atoms with van der Waals surface area (Å²) in [6, 6.07) is 7.26. The second-order valence-electron chi connectivity index (χ2n) is 2.87. The van der Waals surface area contributed by atoms with E-state index in [0.717, 1.165) is 0 Å². The molecule has 0 heterocycles. The van der Waals surface area contributed by atoms with E-state index < -0.39 is 0 Å². The first-order valence-electron chi connectivity index (χ1n) is 4.42. The molecule has 0 aliphatic rings. The third kappa shape index (κ3) is 5.12. The van der Waals surface area contributed by atoms with Crippen LogP contribution in [0.15, 0.2) is 24.3 Å². The number of para-hydroxylation sites is 2. The van der Waals surface area contributed by atoms with E-state index in [1.165, 1.54) is 6.92 Å². The Morgan fingerprint density at radius 2 is 2.13 bits per heavy atom. The largest absolute Gasteiger partial charge is 0.490 e. The molecule has 1 amide bonds. The van der Waals surface area contributed by atoms with Gasteiger partial charge in [0.15, 0.2) is 0 Å². The fourth-order valence-corrected chi connectivity index (χ4v) is 1.00. The minimum atomic E-state index is -0.0605. The molecule has 3 N–H and O–H groups in total. The molecule has 0 saturated carbocycles. The molecule has 0 aromatic heterocycles. The summed E-state index contributed by atoms with van der Waals surface area (Å²) in [4.78, 5) is 10.5. The van der Waals surface area contributed by atoms with E-state index in [1.807, 2.05) is 12.1 Å². The summed E-state index contributed by atoms with van der Waals surface area (Å²) in [7, 11) is 0. The number of nitrogens with one attached hydrogen (secondary N) is 1. The quantitative estimate of drug-likeness (QED) is 0.604. The Bertz CT molecular complexity index is 318. The molecule has 0 spiro atoms. The Balaban J connectivity index is 0.00000196. The SMILES string of the molecule is CC(=O)NCCOc1ccccc1N.Cl. The molecule has 0 saturated heterocycles. The van der Waals surface area contributed by atoms with Gasteiger partial charge in [-0.3, -0.25) is 4.79 Å². The first-order valence-corrected chi connectivity index (χ1v) is 4.42. The van der Waals surface area contributed by atoms with Crippen LogP contribution in [0, 0.1) is 0 Å². The molecule has 4 nitrogen and oxygen atoms in total. The van der Waals surface area contributed by atoms with Gasteiger partial charge in [-0.15, -0.1) is 12.4 Å². The summed E-state index contributed by atoms with van der Waals surface area (Å²) in [5.41, 5.74) is 6.26. The van der Waals surface area contributed by atoms with Crippen LogP contribution in [0.25, 0.3) is 0 Å². The van der Waals surface area contributed by atoms with Crippen molar-refractivity contribution in [2.45, 2.75) is 6.92 Å². The molecule has 0 aliphatic carbocycles. The van der Waals surface area contributed by atoms with Crippen LogP contribution in [0.1, 0.15) is 6.92 Å². The summed E-state index contributed by atoms with van der Waals surface area (Å²) >= 11 is 0. The summed E-state index contributed by atoms with van der Waals surface area (Å²) < 4.78 is 5.35. The Morgan fingerprint density at radius 3 is 2.73 bits per heavy atom. The van der Waals surface area contributed by atoms with Crippen molar-refractivity contribution in [3.8, 4) is 5.75 Å². The molecule has 0 aliphatic heterocycles. The summed E-state index contributed by atoms with van der Waals surface area (Å²) in [6.45, 7) is 2.38. The van der Waals surface area contributed by atoms with Crippen molar-refractivity contribution < 1.29 is 9.53 Å². The number of hydrogen-bond donors (Lipinski definition) is 2. The summed E-state index contributed by atoms with van der Waals surface area (Å²) in [6.07, 6.45) is 0. The molecule has 0 unspecified atom stereocenters. The van der Waals surface area contributed by atoms with Gasteiger partial charge >= 0.3 is 0 Å². The van der Waals surface area contributed by atoms with Crippen molar-refractivity contribution in [3.05, 3.63) is 24.3 Å². The highest BCUT2D eigenvalue weighted by molar-refractivity contribution is 5.85. The minimum absolute atomic E-state index is 0. The molecule has 0 atom stereocenters. The molecule has 5 heteroatoms. The topological polar surface area (TPSA) is 64.3 Å². The maximum Gasteiger partial charge on any atom is 0.216 e. The standard InChI is InChI=1S/C10H14N2O2.ClH/c1-8(13)12-6-7-14-10-5-3-2-4-9(10)11;/h2-5H,6-7,11H2,1H3,(H,12,13);1H. The lowest BCUT2D eigenvalue weighted by atomic mass is 10.3. The molecule has 0 radical (unpaired) electrons. The van der Waals surface area contributed by atoms with Crippen molar-refractivity contribution in [3.63, 3.8) is 0 Å². The number of carbonyl (C=O) groups excluding carboxylic acids is 1. The van der Waals surface area contributed by atoms with Crippen molar-refractivity contribution in [1.29, 1.82) is 0 Å². The second kappa shape index (κ2) is 6.95. The highest BCUT2D eigenvalue weighted by Gasteiger charge is 1.97. The van der Waals surface area contributed by atoms with E-state index >= 15 is 0 Å². The first kappa shape index (κ1) is 13.6. The minimum Gasteiger partial charge on any atom is -0.490 e. The van der Waals surface area contributed by atoms with Gasteiger partial charge in [-0.1, -0.05) is 12.1 Å². The molecule has 1 rings (SSSR count). The lowest BCUT2D eigenvalue weighted by Crippen LogP contribution is -2.25. The fraction of sp³-hybridized carbons (Fsp3) is 0.300. The number of hydrogen-bond acceptors (Lipinski definition) is 3. The Hall–Kier alpha value is -1.42. The Morgan fingerprint density at radius 1 is 1.47 bits per heavy atom. The number of nitrogen functional groups attached to an aromatic ring is 1. The van der Waals surface area contributed by atoms with E-state index in [2.05, 4.69) is 5.32 Å². The van der Waals surface area contributed by atoms with Crippen molar-refractivity contribution in [2.75, 3.05) is 18.9 Å².